The minimum atomic E-state index is -3.87. The number of thiophene rings is 1. The molecular weight excluding hydrogens is 406 g/mol. The summed E-state index contributed by atoms with van der Waals surface area (Å²) >= 11 is 1.02. The fourth-order valence-electron chi connectivity index (χ4n) is 2.91. The molecule has 0 spiro atoms. The van der Waals surface area contributed by atoms with E-state index in [0.29, 0.717) is 25.1 Å². The number of rotatable bonds is 6. The second-order valence-electron chi connectivity index (χ2n) is 6.09. The predicted molar refractivity (Wildman–Crippen MR) is 101 cm³/mol. The molecule has 0 radical (unpaired) electrons. The number of carbonyl (C=O) groups excluding carboxylic acids is 2. The third-order valence-electron chi connectivity index (χ3n) is 4.25. The maximum absolute atomic E-state index is 13.0. The number of pyridine rings is 1. The van der Waals surface area contributed by atoms with Crippen LogP contribution in [0.5, 0.6) is 5.75 Å². The molecule has 0 aromatic carbocycles. The lowest BCUT2D eigenvalue weighted by Gasteiger charge is -2.32. The first-order valence-electron chi connectivity index (χ1n) is 8.41. The zero-order valence-electron chi connectivity index (χ0n) is 15.0. The summed E-state index contributed by atoms with van der Waals surface area (Å²) in [5.74, 6) is -0.973. The van der Waals surface area contributed by atoms with Gasteiger partial charge in [0.15, 0.2) is 0 Å². The number of aromatic nitrogens is 1. The van der Waals surface area contributed by atoms with Crippen molar-refractivity contribution in [3.63, 3.8) is 0 Å². The van der Waals surface area contributed by atoms with E-state index in [0.717, 1.165) is 11.3 Å². The number of sulfonamides is 1. The summed E-state index contributed by atoms with van der Waals surface area (Å²) in [6, 6.07) is 4.40. The molecule has 2 aromatic rings. The van der Waals surface area contributed by atoms with E-state index >= 15 is 0 Å². The third-order valence-corrected chi connectivity index (χ3v) is 7.18. The number of nitrogens with two attached hydrogens (primary N) is 1. The Balaban J connectivity index is 1.78. The van der Waals surface area contributed by atoms with E-state index in [1.165, 1.54) is 29.7 Å². The highest BCUT2D eigenvalue weighted by molar-refractivity contribution is 7.89. The maximum atomic E-state index is 13.0. The Morgan fingerprint density at radius 2 is 2.14 bits per heavy atom. The Morgan fingerprint density at radius 3 is 2.86 bits per heavy atom. The van der Waals surface area contributed by atoms with Crippen molar-refractivity contribution in [3.05, 3.63) is 40.3 Å². The average Bonchev–Trinajstić information content (AvgIpc) is 3.18. The minimum absolute atomic E-state index is 0.0470. The van der Waals surface area contributed by atoms with Crippen LogP contribution in [0.25, 0.3) is 0 Å². The monoisotopic (exact) mass is 425 g/mol. The molecule has 1 fully saturated rings. The van der Waals surface area contributed by atoms with Crippen molar-refractivity contribution in [2.75, 3.05) is 20.2 Å². The van der Waals surface area contributed by atoms with Crippen LogP contribution < -0.4 is 10.5 Å². The van der Waals surface area contributed by atoms with Gasteiger partial charge in [-0.3, -0.25) is 9.78 Å². The van der Waals surface area contributed by atoms with E-state index in [2.05, 4.69) is 9.72 Å². The van der Waals surface area contributed by atoms with Crippen LogP contribution in [0.3, 0.4) is 0 Å². The molecule has 1 aliphatic rings. The molecule has 0 saturated carbocycles. The van der Waals surface area contributed by atoms with Crippen LogP contribution in [0, 0.1) is 0 Å². The first-order chi connectivity index (χ1) is 13.3. The second-order valence-corrected chi connectivity index (χ2v) is 8.91. The molecule has 3 heterocycles. The van der Waals surface area contributed by atoms with Crippen molar-refractivity contribution < 1.29 is 27.5 Å². The van der Waals surface area contributed by atoms with Crippen LogP contribution in [0.2, 0.25) is 0 Å². The second kappa shape index (κ2) is 8.25. The lowest BCUT2D eigenvalue weighted by atomic mass is 10.1. The Kier molecular flexibility index (Phi) is 5.96. The Labute approximate surface area is 166 Å². The molecule has 1 amide bonds. The lowest BCUT2D eigenvalue weighted by Crippen LogP contribution is -2.44. The number of primary amides is 1. The first kappa shape index (κ1) is 20.2. The standard InChI is InChI=1S/C17H19N3O6S2/c1-25-17(22)15-14(5-8-27-15)28(23,24)20-7-2-3-12(10-20)26-11-4-6-19-13(9-11)16(18)21/h4-6,8-9,12H,2-3,7,10H2,1H3,(H2,18,21). The molecule has 0 aliphatic carbocycles. The number of piperidine rings is 1. The largest absolute Gasteiger partial charge is 0.489 e. The van der Waals surface area contributed by atoms with E-state index in [1.807, 2.05) is 0 Å². The van der Waals surface area contributed by atoms with Gasteiger partial charge in [0, 0.05) is 18.8 Å². The van der Waals surface area contributed by atoms with Crippen LogP contribution in [-0.4, -0.2) is 55.9 Å². The quantitative estimate of drug-likeness (QED) is 0.690. The summed E-state index contributed by atoms with van der Waals surface area (Å²) < 4.78 is 37.9. The molecule has 1 unspecified atom stereocenters. The molecule has 9 nitrogen and oxygen atoms in total. The highest BCUT2D eigenvalue weighted by atomic mass is 32.2. The Bertz CT molecular complexity index is 988. The Morgan fingerprint density at radius 1 is 1.36 bits per heavy atom. The summed E-state index contributed by atoms with van der Waals surface area (Å²) in [5, 5.41) is 1.54. The van der Waals surface area contributed by atoms with E-state index in [4.69, 9.17) is 10.5 Å². The fraction of sp³-hybridized carbons (Fsp3) is 0.353. The normalized spacial score (nSPS) is 17.8. The van der Waals surface area contributed by atoms with E-state index in [1.54, 1.807) is 11.4 Å². The molecule has 28 heavy (non-hydrogen) atoms. The number of amides is 1. The number of hydrogen-bond acceptors (Lipinski definition) is 8. The lowest BCUT2D eigenvalue weighted by molar-refractivity contribution is 0.0602. The van der Waals surface area contributed by atoms with Crippen LogP contribution in [-0.2, 0) is 14.8 Å². The summed E-state index contributed by atoms with van der Waals surface area (Å²) in [5.41, 5.74) is 5.29. The van der Waals surface area contributed by atoms with Gasteiger partial charge in [-0.25, -0.2) is 13.2 Å². The zero-order valence-corrected chi connectivity index (χ0v) is 16.7. The van der Waals surface area contributed by atoms with Gasteiger partial charge in [-0.1, -0.05) is 0 Å². The van der Waals surface area contributed by atoms with Crippen LogP contribution in [0.1, 0.15) is 33.0 Å². The molecule has 3 rings (SSSR count). The van der Waals surface area contributed by atoms with Gasteiger partial charge in [-0.2, -0.15) is 4.31 Å². The number of ether oxygens (including phenoxy) is 2. The summed E-state index contributed by atoms with van der Waals surface area (Å²) in [7, 11) is -2.67. The molecule has 1 atom stereocenters. The summed E-state index contributed by atoms with van der Waals surface area (Å²) in [6.45, 7) is 0.439. The molecule has 1 aliphatic heterocycles. The van der Waals surface area contributed by atoms with Crippen molar-refractivity contribution in [1.29, 1.82) is 0 Å². The molecule has 11 heteroatoms. The number of nitrogens with zero attached hydrogens (tertiary/aromatic N) is 2. The van der Waals surface area contributed by atoms with Crippen molar-refractivity contribution in [3.8, 4) is 5.75 Å². The van der Waals surface area contributed by atoms with Gasteiger partial charge in [-0.05, 0) is 30.4 Å². The third kappa shape index (κ3) is 4.16. The molecule has 1 saturated heterocycles. The zero-order chi connectivity index (χ0) is 20.3. The summed E-state index contributed by atoms with van der Waals surface area (Å²) in [4.78, 5) is 26.9. The molecule has 2 N–H and O–H groups in total. The maximum Gasteiger partial charge on any atom is 0.349 e. The molecule has 2 aromatic heterocycles. The average molecular weight is 425 g/mol. The van der Waals surface area contributed by atoms with Gasteiger partial charge >= 0.3 is 5.97 Å². The van der Waals surface area contributed by atoms with Crippen molar-refractivity contribution >= 4 is 33.2 Å². The smallest absolute Gasteiger partial charge is 0.349 e. The van der Waals surface area contributed by atoms with Crippen molar-refractivity contribution in [2.45, 2.75) is 23.8 Å². The fourth-order valence-corrected chi connectivity index (χ4v) is 5.73. The number of hydrogen-bond donors (Lipinski definition) is 1. The first-order valence-corrected chi connectivity index (χ1v) is 10.7. The van der Waals surface area contributed by atoms with Gasteiger partial charge in [0.2, 0.25) is 10.0 Å². The minimum Gasteiger partial charge on any atom is -0.489 e. The highest BCUT2D eigenvalue weighted by Gasteiger charge is 2.34. The van der Waals surface area contributed by atoms with E-state index in [9.17, 15) is 18.0 Å². The van der Waals surface area contributed by atoms with Crippen LogP contribution in [0.15, 0.2) is 34.7 Å². The van der Waals surface area contributed by atoms with Crippen molar-refractivity contribution in [1.82, 2.24) is 9.29 Å². The van der Waals surface area contributed by atoms with Crippen LogP contribution >= 0.6 is 11.3 Å². The van der Waals surface area contributed by atoms with Gasteiger partial charge in [0.25, 0.3) is 5.91 Å². The SMILES string of the molecule is COC(=O)c1sccc1S(=O)(=O)N1CCCC(Oc2ccnc(C(N)=O)c2)C1. The molecular formula is C17H19N3O6S2. The van der Waals surface area contributed by atoms with Gasteiger partial charge < -0.3 is 15.2 Å². The number of carbonyl (C=O) groups is 2. The van der Waals surface area contributed by atoms with E-state index < -0.39 is 28.0 Å². The Hall–Kier alpha value is -2.50. The molecule has 150 valence electrons. The van der Waals surface area contributed by atoms with Crippen LogP contribution in [0.4, 0.5) is 0 Å². The van der Waals surface area contributed by atoms with Gasteiger partial charge in [0.1, 0.15) is 27.3 Å². The predicted octanol–water partition coefficient (Wildman–Crippen LogP) is 1.26. The topological polar surface area (TPSA) is 129 Å². The molecule has 0 bridgehead atoms. The van der Waals surface area contributed by atoms with Crippen molar-refractivity contribution in [2.24, 2.45) is 5.73 Å². The number of esters is 1. The highest BCUT2D eigenvalue weighted by Crippen LogP contribution is 2.29. The van der Waals surface area contributed by atoms with E-state index in [-0.39, 0.29) is 22.0 Å². The number of methoxy groups -OCH3 is 1. The van der Waals surface area contributed by atoms with Gasteiger partial charge in [-0.15, -0.1) is 11.3 Å². The summed E-state index contributed by atoms with van der Waals surface area (Å²) in [6.07, 6.45) is 2.23. The van der Waals surface area contributed by atoms with Gasteiger partial charge in [0.05, 0.1) is 13.7 Å².